The van der Waals surface area contributed by atoms with E-state index in [-0.39, 0.29) is 5.91 Å². The summed E-state index contributed by atoms with van der Waals surface area (Å²) >= 11 is 6.67. The Morgan fingerprint density at radius 2 is 1.96 bits per heavy atom. The van der Waals surface area contributed by atoms with Crippen LogP contribution in [-0.2, 0) is 9.53 Å². The van der Waals surface area contributed by atoms with Gasteiger partial charge in [-0.3, -0.25) is 9.78 Å². The van der Waals surface area contributed by atoms with Crippen molar-refractivity contribution in [1.29, 1.82) is 0 Å². The summed E-state index contributed by atoms with van der Waals surface area (Å²) in [6, 6.07) is 7.64. The number of thiocarbonyl (C=S) groups is 1. The largest absolute Gasteiger partial charge is 0.379 e. The molecular weight excluding hydrogens is 344 g/mol. The molecule has 0 N–H and O–H groups in total. The number of para-hydroxylation sites is 2. The minimum absolute atomic E-state index is 0.109. The number of rotatable bonds is 2. The van der Waals surface area contributed by atoms with Gasteiger partial charge in [0.25, 0.3) is 5.91 Å². The van der Waals surface area contributed by atoms with Crippen LogP contribution in [0.15, 0.2) is 35.4 Å². The molecule has 1 aromatic heterocycles. The first-order valence-electron chi connectivity index (χ1n) is 7.55. The third-order valence-corrected chi connectivity index (χ3v) is 5.07. The highest BCUT2D eigenvalue weighted by molar-refractivity contribution is 8.26. The molecule has 1 amide bonds. The molecule has 1 aromatic carbocycles. The molecule has 24 heavy (non-hydrogen) atoms. The SMILES string of the molecule is O=C1/C(=C/c2cnc3ccccc3n2)SC(=S)N1N1CCOCC1. The number of amides is 1. The normalized spacial score (nSPS) is 21.2. The summed E-state index contributed by atoms with van der Waals surface area (Å²) < 4.78 is 5.87. The van der Waals surface area contributed by atoms with E-state index in [0.29, 0.717) is 41.2 Å². The number of morpholine rings is 1. The Morgan fingerprint density at radius 3 is 2.75 bits per heavy atom. The molecule has 2 aliphatic rings. The van der Waals surface area contributed by atoms with E-state index in [0.717, 1.165) is 11.0 Å². The van der Waals surface area contributed by atoms with Gasteiger partial charge >= 0.3 is 0 Å². The predicted molar refractivity (Wildman–Crippen MR) is 96.9 cm³/mol. The average Bonchev–Trinajstić information content (AvgIpc) is 2.89. The third kappa shape index (κ3) is 2.93. The molecule has 2 fully saturated rings. The van der Waals surface area contributed by atoms with Crippen LogP contribution < -0.4 is 0 Å². The Hall–Kier alpha value is -1.87. The summed E-state index contributed by atoms with van der Waals surface area (Å²) in [4.78, 5) is 22.2. The lowest BCUT2D eigenvalue weighted by Gasteiger charge is -2.33. The van der Waals surface area contributed by atoms with E-state index in [9.17, 15) is 4.79 Å². The maximum Gasteiger partial charge on any atom is 0.281 e. The number of ether oxygens (including phenoxy) is 1. The summed E-state index contributed by atoms with van der Waals surface area (Å²) in [5.41, 5.74) is 2.28. The van der Waals surface area contributed by atoms with Crippen LogP contribution in [0.3, 0.4) is 0 Å². The fourth-order valence-electron chi connectivity index (χ4n) is 2.63. The van der Waals surface area contributed by atoms with Gasteiger partial charge in [0, 0.05) is 13.1 Å². The molecule has 0 bridgehead atoms. The van der Waals surface area contributed by atoms with Crippen molar-refractivity contribution in [3.63, 3.8) is 0 Å². The molecule has 0 radical (unpaired) electrons. The first kappa shape index (κ1) is 15.6. The lowest BCUT2D eigenvalue weighted by Crippen LogP contribution is -2.50. The van der Waals surface area contributed by atoms with Gasteiger partial charge in [0.15, 0.2) is 4.32 Å². The van der Waals surface area contributed by atoms with Crippen molar-refractivity contribution >= 4 is 51.3 Å². The Kier molecular flexibility index (Phi) is 4.28. The average molecular weight is 358 g/mol. The topological polar surface area (TPSA) is 58.6 Å². The van der Waals surface area contributed by atoms with Crippen molar-refractivity contribution in [3.8, 4) is 0 Å². The van der Waals surface area contributed by atoms with Crippen molar-refractivity contribution in [3.05, 3.63) is 41.1 Å². The number of thioether (sulfide) groups is 1. The molecule has 2 aliphatic heterocycles. The first-order chi connectivity index (χ1) is 11.7. The molecule has 0 aliphatic carbocycles. The number of aromatic nitrogens is 2. The van der Waals surface area contributed by atoms with Crippen molar-refractivity contribution in [2.45, 2.75) is 0 Å². The number of benzene rings is 1. The molecule has 4 rings (SSSR count). The Labute approximate surface area is 148 Å². The first-order valence-corrected chi connectivity index (χ1v) is 8.77. The van der Waals surface area contributed by atoms with Gasteiger partial charge in [0.2, 0.25) is 0 Å². The number of nitrogens with zero attached hydrogens (tertiary/aromatic N) is 4. The zero-order valence-corrected chi connectivity index (χ0v) is 14.3. The highest BCUT2D eigenvalue weighted by Gasteiger charge is 2.37. The zero-order chi connectivity index (χ0) is 16.5. The molecule has 0 spiro atoms. The molecule has 122 valence electrons. The highest BCUT2D eigenvalue weighted by Crippen LogP contribution is 2.33. The number of hydrogen-bond acceptors (Lipinski definition) is 7. The number of carbonyl (C=O) groups excluding carboxylic acids is 1. The van der Waals surface area contributed by atoms with E-state index < -0.39 is 0 Å². The monoisotopic (exact) mass is 358 g/mol. The van der Waals surface area contributed by atoms with Crippen LogP contribution in [0.4, 0.5) is 0 Å². The van der Waals surface area contributed by atoms with Gasteiger partial charge in [-0.25, -0.2) is 15.0 Å². The number of fused-ring (bicyclic) bond motifs is 1. The van der Waals surface area contributed by atoms with Gasteiger partial charge in [0.1, 0.15) is 0 Å². The highest BCUT2D eigenvalue weighted by atomic mass is 32.2. The Balaban J connectivity index is 1.62. The molecule has 6 nitrogen and oxygen atoms in total. The summed E-state index contributed by atoms with van der Waals surface area (Å²) in [5, 5.41) is 3.51. The molecule has 8 heteroatoms. The number of hydrogen-bond donors (Lipinski definition) is 0. The maximum absolute atomic E-state index is 12.7. The minimum Gasteiger partial charge on any atom is -0.379 e. The lowest BCUT2D eigenvalue weighted by molar-refractivity contribution is -0.138. The van der Waals surface area contributed by atoms with Crippen LogP contribution in [0, 0.1) is 0 Å². The van der Waals surface area contributed by atoms with Gasteiger partial charge in [-0.1, -0.05) is 36.1 Å². The van der Waals surface area contributed by atoms with E-state index in [4.69, 9.17) is 17.0 Å². The van der Waals surface area contributed by atoms with E-state index in [1.165, 1.54) is 11.8 Å². The fourth-order valence-corrected chi connectivity index (χ4v) is 3.93. The van der Waals surface area contributed by atoms with Crippen LogP contribution in [0.2, 0.25) is 0 Å². The second-order valence-corrected chi connectivity index (χ2v) is 7.02. The van der Waals surface area contributed by atoms with Crippen LogP contribution in [0.25, 0.3) is 17.1 Å². The Morgan fingerprint density at radius 1 is 1.21 bits per heavy atom. The van der Waals surface area contributed by atoms with E-state index in [1.54, 1.807) is 17.3 Å². The summed E-state index contributed by atoms with van der Waals surface area (Å²) in [6.07, 6.45) is 3.42. The second-order valence-electron chi connectivity index (χ2n) is 5.34. The third-order valence-electron chi connectivity index (χ3n) is 3.79. The van der Waals surface area contributed by atoms with Gasteiger partial charge in [-0.05, 0) is 18.2 Å². The molecular formula is C16H14N4O2S2. The predicted octanol–water partition coefficient (Wildman–Crippen LogP) is 2.08. The maximum atomic E-state index is 12.7. The zero-order valence-electron chi connectivity index (χ0n) is 12.7. The van der Waals surface area contributed by atoms with E-state index in [1.807, 2.05) is 29.3 Å². The molecule has 2 aromatic rings. The quantitative estimate of drug-likeness (QED) is 0.602. The van der Waals surface area contributed by atoms with Crippen molar-refractivity contribution < 1.29 is 9.53 Å². The van der Waals surface area contributed by atoms with Crippen LogP contribution in [0.5, 0.6) is 0 Å². The Bertz CT molecular complexity index is 849. The van der Waals surface area contributed by atoms with E-state index in [2.05, 4.69) is 9.97 Å². The lowest BCUT2D eigenvalue weighted by atomic mass is 10.3. The van der Waals surface area contributed by atoms with Gasteiger partial charge in [-0.15, -0.1) is 0 Å². The number of hydrazine groups is 1. The van der Waals surface area contributed by atoms with Crippen LogP contribution >= 0.6 is 24.0 Å². The van der Waals surface area contributed by atoms with Gasteiger partial charge in [0.05, 0.1) is 41.0 Å². The summed E-state index contributed by atoms with van der Waals surface area (Å²) in [5.74, 6) is -0.109. The molecule has 3 heterocycles. The van der Waals surface area contributed by atoms with E-state index >= 15 is 0 Å². The van der Waals surface area contributed by atoms with Crippen LogP contribution in [-0.4, -0.2) is 56.5 Å². The second kappa shape index (κ2) is 6.56. The molecule has 2 saturated heterocycles. The van der Waals surface area contributed by atoms with Crippen molar-refractivity contribution in [2.75, 3.05) is 26.3 Å². The standard InChI is InChI=1S/C16H14N4O2S2/c21-15-14(24-16(23)20(15)19-5-7-22-8-6-19)9-11-10-17-12-3-1-2-4-13(12)18-11/h1-4,9-10H,5-8H2/b14-9-. The number of carbonyl (C=O) groups is 1. The van der Waals surface area contributed by atoms with Gasteiger partial charge in [-0.2, -0.15) is 0 Å². The van der Waals surface area contributed by atoms with Crippen molar-refractivity contribution in [1.82, 2.24) is 20.0 Å². The summed E-state index contributed by atoms with van der Waals surface area (Å²) in [6.45, 7) is 2.53. The molecule has 0 saturated carbocycles. The van der Waals surface area contributed by atoms with Crippen molar-refractivity contribution in [2.24, 2.45) is 0 Å². The smallest absolute Gasteiger partial charge is 0.281 e. The summed E-state index contributed by atoms with van der Waals surface area (Å²) in [7, 11) is 0. The molecule has 0 atom stereocenters. The van der Waals surface area contributed by atoms with Gasteiger partial charge < -0.3 is 4.74 Å². The minimum atomic E-state index is -0.109. The van der Waals surface area contributed by atoms with Crippen LogP contribution in [0.1, 0.15) is 5.69 Å². The fraction of sp³-hybridized carbons (Fsp3) is 0.250. The molecule has 0 unspecified atom stereocenters.